The normalized spacial score (nSPS) is 11.3. The van der Waals surface area contributed by atoms with Crippen molar-refractivity contribution in [3.63, 3.8) is 0 Å². The van der Waals surface area contributed by atoms with Gasteiger partial charge >= 0.3 is 0 Å². The molecule has 1 N–H and O–H groups in total. The molecule has 0 aliphatic carbocycles. The van der Waals surface area contributed by atoms with Crippen LogP contribution in [0, 0.1) is 6.92 Å². The van der Waals surface area contributed by atoms with Crippen molar-refractivity contribution < 1.29 is 4.79 Å². The van der Waals surface area contributed by atoms with Gasteiger partial charge in [0, 0.05) is 11.3 Å². The largest absolute Gasteiger partial charge is 0.322 e. The van der Waals surface area contributed by atoms with Crippen molar-refractivity contribution in [1.82, 2.24) is 0 Å². The quantitative estimate of drug-likeness (QED) is 0.193. The SMILES string of the molecule is Cc1ccc(CCCC[Si](C)(C)c2ccc(-c3ccc(C(=O)Nc4ccccc4)cc3)cc2)cc1. The predicted molar refractivity (Wildman–Crippen MR) is 152 cm³/mol. The second-order valence-corrected chi connectivity index (χ2v) is 14.9. The highest BCUT2D eigenvalue weighted by molar-refractivity contribution is 6.89. The van der Waals surface area contributed by atoms with E-state index in [4.69, 9.17) is 0 Å². The van der Waals surface area contributed by atoms with Gasteiger partial charge in [0.1, 0.15) is 0 Å². The first kappa shape index (κ1) is 24.7. The summed E-state index contributed by atoms with van der Waals surface area (Å²) in [6.07, 6.45) is 3.70. The first-order chi connectivity index (χ1) is 16.9. The Morgan fingerprint density at radius 3 is 1.94 bits per heavy atom. The van der Waals surface area contributed by atoms with Gasteiger partial charge in [-0.15, -0.1) is 0 Å². The standard InChI is InChI=1S/C32H35NOSi/c1-25-12-14-26(15-13-25)9-7-8-24-35(2,3)31-22-20-28(21-23-31)27-16-18-29(19-17-27)32(34)33-30-10-5-4-6-11-30/h4-6,10-23H,7-9,24H2,1-3H3,(H,33,34). The minimum Gasteiger partial charge on any atom is -0.322 e. The van der Waals surface area contributed by atoms with Crippen LogP contribution in [0.15, 0.2) is 103 Å². The van der Waals surface area contributed by atoms with Crippen LogP contribution in [0.5, 0.6) is 0 Å². The van der Waals surface area contributed by atoms with Crippen LogP contribution in [-0.2, 0) is 6.42 Å². The lowest BCUT2D eigenvalue weighted by Crippen LogP contribution is -2.40. The van der Waals surface area contributed by atoms with E-state index in [0.29, 0.717) is 5.56 Å². The van der Waals surface area contributed by atoms with Crippen molar-refractivity contribution >= 4 is 24.9 Å². The van der Waals surface area contributed by atoms with Gasteiger partial charge in [0.15, 0.2) is 0 Å². The van der Waals surface area contributed by atoms with Gasteiger partial charge in [-0.3, -0.25) is 4.79 Å². The van der Waals surface area contributed by atoms with E-state index in [1.165, 1.54) is 47.2 Å². The Balaban J connectivity index is 1.32. The molecular formula is C32H35NOSi. The fraction of sp³-hybridized carbons (Fsp3) is 0.219. The number of rotatable bonds is 9. The molecule has 2 nitrogen and oxygen atoms in total. The average Bonchev–Trinajstić information content (AvgIpc) is 2.88. The van der Waals surface area contributed by atoms with Crippen molar-refractivity contribution in [2.75, 3.05) is 5.32 Å². The van der Waals surface area contributed by atoms with Crippen LogP contribution in [0.4, 0.5) is 5.69 Å². The average molecular weight is 478 g/mol. The van der Waals surface area contributed by atoms with Crippen molar-refractivity contribution in [1.29, 1.82) is 0 Å². The highest BCUT2D eigenvalue weighted by Gasteiger charge is 2.22. The summed E-state index contributed by atoms with van der Waals surface area (Å²) in [4.78, 5) is 12.5. The van der Waals surface area contributed by atoms with E-state index in [2.05, 4.69) is 73.9 Å². The van der Waals surface area contributed by atoms with E-state index < -0.39 is 8.07 Å². The summed E-state index contributed by atoms with van der Waals surface area (Å²) in [6, 6.07) is 36.8. The third kappa shape index (κ3) is 6.80. The van der Waals surface area contributed by atoms with Crippen LogP contribution < -0.4 is 10.5 Å². The zero-order valence-corrected chi connectivity index (χ0v) is 22.1. The maximum atomic E-state index is 12.5. The lowest BCUT2D eigenvalue weighted by atomic mass is 10.0. The summed E-state index contributed by atoms with van der Waals surface area (Å²) in [5.74, 6) is -0.0896. The molecule has 0 spiro atoms. The first-order valence-corrected chi connectivity index (χ1v) is 15.7. The molecule has 35 heavy (non-hydrogen) atoms. The summed E-state index contributed by atoms with van der Waals surface area (Å²) in [7, 11) is -1.46. The molecule has 0 bridgehead atoms. The van der Waals surface area contributed by atoms with Crippen LogP contribution >= 0.6 is 0 Å². The van der Waals surface area contributed by atoms with Gasteiger partial charge in [0.05, 0.1) is 8.07 Å². The van der Waals surface area contributed by atoms with Crippen molar-refractivity contribution in [2.24, 2.45) is 0 Å². The van der Waals surface area contributed by atoms with Crippen molar-refractivity contribution in [3.05, 3.63) is 120 Å². The molecule has 0 saturated carbocycles. The van der Waals surface area contributed by atoms with Gasteiger partial charge in [-0.1, -0.05) is 115 Å². The number of benzene rings is 4. The van der Waals surface area contributed by atoms with Gasteiger partial charge in [-0.05, 0) is 60.7 Å². The molecule has 4 aromatic rings. The van der Waals surface area contributed by atoms with Crippen LogP contribution in [0.2, 0.25) is 19.1 Å². The fourth-order valence-corrected chi connectivity index (χ4v) is 6.94. The Kier molecular flexibility index (Phi) is 7.99. The number of anilines is 1. The lowest BCUT2D eigenvalue weighted by molar-refractivity contribution is 0.102. The minimum absolute atomic E-state index is 0.0896. The fourth-order valence-electron chi connectivity index (χ4n) is 4.45. The van der Waals surface area contributed by atoms with Crippen LogP contribution in [0.1, 0.15) is 34.3 Å². The maximum Gasteiger partial charge on any atom is 0.255 e. The Morgan fingerprint density at radius 2 is 1.31 bits per heavy atom. The highest BCUT2D eigenvalue weighted by Crippen LogP contribution is 2.22. The number of carbonyl (C=O) groups excluding carboxylic acids is 1. The van der Waals surface area contributed by atoms with Crippen molar-refractivity contribution in [3.8, 4) is 11.1 Å². The molecule has 178 valence electrons. The molecule has 0 aliphatic heterocycles. The Hall–Kier alpha value is -3.43. The van der Waals surface area contributed by atoms with E-state index >= 15 is 0 Å². The number of unbranched alkanes of at least 4 members (excludes halogenated alkanes) is 1. The highest BCUT2D eigenvalue weighted by atomic mass is 28.3. The van der Waals surface area contributed by atoms with E-state index in [1.807, 2.05) is 54.6 Å². The zero-order chi connectivity index (χ0) is 24.7. The van der Waals surface area contributed by atoms with E-state index in [1.54, 1.807) is 0 Å². The third-order valence-corrected chi connectivity index (χ3v) is 10.3. The smallest absolute Gasteiger partial charge is 0.255 e. The number of amides is 1. The van der Waals surface area contributed by atoms with Crippen LogP contribution in [0.25, 0.3) is 11.1 Å². The Bertz CT molecular complexity index is 1230. The van der Waals surface area contributed by atoms with E-state index in [0.717, 1.165) is 11.3 Å². The predicted octanol–water partition coefficient (Wildman–Crippen LogP) is 7.85. The molecular weight excluding hydrogens is 442 g/mol. The van der Waals surface area contributed by atoms with Crippen LogP contribution in [0.3, 0.4) is 0 Å². The summed E-state index contributed by atoms with van der Waals surface area (Å²) in [5, 5.41) is 4.45. The molecule has 4 aromatic carbocycles. The van der Waals surface area contributed by atoms with Gasteiger partial charge in [0.25, 0.3) is 5.91 Å². The number of aryl methyl sites for hydroxylation is 2. The summed E-state index contributed by atoms with van der Waals surface area (Å²) in [6.45, 7) is 7.10. The molecule has 0 saturated heterocycles. The summed E-state index contributed by atoms with van der Waals surface area (Å²) in [5.41, 5.74) is 6.56. The molecule has 0 atom stereocenters. The number of hydrogen-bond acceptors (Lipinski definition) is 1. The molecule has 1 amide bonds. The van der Waals surface area contributed by atoms with Crippen molar-refractivity contribution in [2.45, 2.75) is 45.3 Å². The minimum atomic E-state index is -1.46. The monoisotopic (exact) mass is 477 g/mol. The number of nitrogens with one attached hydrogen (secondary N) is 1. The molecule has 0 fully saturated rings. The third-order valence-electron chi connectivity index (χ3n) is 6.82. The van der Waals surface area contributed by atoms with Gasteiger partial charge < -0.3 is 5.32 Å². The molecule has 0 radical (unpaired) electrons. The van der Waals surface area contributed by atoms with E-state index in [9.17, 15) is 4.79 Å². The molecule has 0 unspecified atom stereocenters. The maximum absolute atomic E-state index is 12.5. The summed E-state index contributed by atoms with van der Waals surface area (Å²) >= 11 is 0. The van der Waals surface area contributed by atoms with Gasteiger partial charge in [-0.25, -0.2) is 0 Å². The number of carbonyl (C=O) groups is 1. The topological polar surface area (TPSA) is 29.1 Å². The van der Waals surface area contributed by atoms with Gasteiger partial charge in [-0.2, -0.15) is 0 Å². The van der Waals surface area contributed by atoms with E-state index in [-0.39, 0.29) is 5.91 Å². The Labute approximate surface area is 211 Å². The molecule has 0 aliphatic rings. The number of hydrogen-bond donors (Lipinski definition) is 1. The second-order valence-electron chi connectivity index (χ2n) is 10.1. The molecule has 4 rings (SSSR count). The molecule has 0 aromatic heterocycles. The zero-order valence-electron chi connectivity index (χ0n) is 21.1. The second kappa shape index (κ2) is 11.3. The number of para-hydroxylation sites is 1. The molecule has 0 heterocycles. The Morgan fingerprint density at radius 1 is 0.714 bits per heavy atom. The summed E-state index contributed by atoms with van der Waals surface area (Å²) < 4.78 is 0. The van der Waals surface area contributed by atoms with Crippen LogP contribution in [-0.4, -0.2) is 14.0 Å². The lowest BCUT2D eigenvalue weighted by Gasteiger charge is -2.23. The molecule has 3 heteroatoms. The van der Waals surface area contributed by atoms with Gasteiger partial charge in [0.2, 0.25) is 0 Å². The first-order valence-electron chi connectivity index (χ1n) is 12.5.